The molecule has 0 saturated carbocycles. The van der Waals surface area contributed by atoms with Gasteiger partial charge in [-0.3, -0.25) is 4.79 Å². The minimum atomic E-state index is 0.192. The van der Waals surface area contributed by atoms with Gasteiger partial charge in [-0.25, -0.2) is 0 Å². The monoisotopic (exact) mass is 262 g/mol. The van der Waals surface area contributed by atoms with E-state index >= 15 is 0 Å². The van der Waals surface area contributed by atoms with E-state index in [-0.39, 0.29) is 5.78 Å². The fourth-order valence-corrected chi connectivity index (χ4v) is 2.27. The van der Waals surface area contributed by atoms with Crippen molar-refractivity contribution < 1.29 is 9.53 Å². The molecule has 1 saturated heterocycles. The lowest BCUT2D eigenvalue weighted by molar-refractivity contribution is 0.0941. The average Bonchev–Trinajstić information content (AvgIpc) is 2.46. The highest BCUT2D eigenvalue weighted by Crippen LogP contribution is 2.14. The molecule has 0 amide bonds. The molecule has 4 nitrogen and oxygen atoms in total. The first kappa shape index (κ1) is 14.0. The van der Waals surface area contributed by atoms with E-state index in [2.05, 4.69) is 16.8 Å². The minimum absolute atomic E-state index is 0.192. The SMILES string of the molecule is COc1cccc(C(=O)CCN2CCN(C)CC2)c1. The molecule has 0 aliphatic carbocycles. The van der Waals surface area contributed by atoms with Crippen LogP contribution in [-0.4, -0.2) is 62.5 Å². The van der Waals surface area contributed by atoms with Gasteiger partial charge in [-0.05, 0) is 19.2 Å². The first-order valence-electron chi connectivity index (χ1n) is 6.77. The third-order valence-electron chi connectivity index (χ3n) is 3.64. The molecule has 1 aliphatic rings. The summed E-state index contributed by atoms with van der Waals surface area (Å²) in [5, 5.41) is 0. The summed E-state index contributed by atoms with van der Waals surface area (Å²) in [4.78, 5) is 16.8. The Morgan fingerprint density at radius 1 is 1.26 bits per heavy atom. The van der Waals surface area contributed by atoms with Crippen LogP contribution in [-0.2, 0) is 0 Å². The standard InChI is InChI=1S/C15H22N2O2/c1-16-8-10-17(11-9-16)7-6-15(18)13-4-3-5-14(12-13)19-2/h3-5,12H,6-11H2,1-2H3. The summed E-state index contributed by atoms with van der Waals surface area (Å²) in [6.07, 6.45) is 0.580. The second kappa shape index (κ2) is 6.68. The number of Topliss-reactive ketones (excluding diaryl/α,β-unsaturated/α-hetero) is 1. The van der Waals surface area contributed by atoms with Gasteiger partial charge in [0.1, 0.15) is 5.75 Å². The van der Waals surface area contributed by atoms with Crippen molar-refractivity contribution >= 4 is 5.78 Å². The molecule has 1 aliphatic heterocycles. The topological polar surface area (TPSA) is 32.8 Å². The summed E-state index contributed by atoms with van der Waals surface area (Å²) in [7, 11) is 3.76. The number of carbonyl (C=O) groups excluding carboxylic acids is 1. The zero-order chi connectivity index (χ0) is 13.7. The quantitative estimate of drug-likeness (QED) is 0.753. The summed E-state index contributed by atoms with van der Waals surface area (Å²) >= 11 is 0. The average molecular weight is 262 g/mol. The van der Waals surface area contributed by atoms with Gasteiger partial charge in [0.25, 0.3) is 0 Å². The largest absolute Gasteiger partial charge is 0.497 e. The number of hydrogen-bond donors (Lipinski definition) is 0. The van der Waals surface area contributed by atoms with Crippen molar-refractivity contribution in [3.05, 3.63) is 29.8 Å². The Bertz CT molecular complexity index is 426. The third-order valence-corrected chi connectivity index (χ3v) is 3.64. The lowest BCUT2D eigenvalue weighted by Crippen LogP contribution is -2.45. The Labute approximate surface area is 115 Å². The number of piperazine rings is 1. The van der Waals surface area contributed by atoms with Crippen LogP contribution in [0.1, 0.15) is 16.8 Å². The Hall–Kier alpha value is -1.39. The molecule has 0 bridgehead atoms. The highest BCUT2D eigenvalue weighted by Gasteiger charge is 2.15. The Balaban J connectivity index is 1.83. The smallest absolute Gasteiger partial charge is 0.164 e. The predicted molar refractivity (Wildman–Crippen MR) is 75.9 cm³/mol. The summed E-state index contributed by atoms with van der Waals surface area (Å²) in [5.74, 6) is 0.934. The number of hydrogen-bond acceptors (Lipinski definition) is 4. The van der Waals surface area contributed by atoms with E-state index in [1.807, 2.05) is 24.3 Å². The molecule has 104 valence electrons. The van der Waals surface area contributed by atoms with Gasteiger partial charge in [0.2, 0.25) is 0 Å². The molecular formula is C15H22N2O2. The summed E-state index contributed by atoms with van der Waals surface area (Å²) in [6, 6.07) is 7.39. The van der Waals surface area contributed by atoms with E-state index in [1.165, 1.54) is 0 Å². The molecule has 1 aromatic carbocycles. The van der Waals surface area contributed by atoms with Crippen molar-refractivity contribution in [1.82, 2.24) is 9.80 Å². The van der Waals surface area contributed by atoms with E-state index in [0.717, 1.165) is 44.0 Å². The van der Waals surface area contributed by atoms with E-state index in [1.54, 1.807) is 7.11 Å². The van der Waals surface area contributed by atoms with E-state index in [0.29, 0.717) is 6.42 Å². The summed E-state index contributed by atoms with van der Waals surface area (Å²) in [5.41, 5.74) is 0.744. The summed E-state index contributed by atoms with van der Waals surface area (Å²) < 4.78 is 5.14. The fraction of sp³-hybridized carbons (Fsp3) is 0.533. The second-order valence-corrected chi connectivity index (χ2v) is 5.05. The number of nitrogens with zero attached hydrogens (tertiary/aromatic N) is 2. The molecule has 0 radical (unpaired) electrons. The van der Waals surface area contributed by atoms with E-state index in [9.17, 15) is 4.79 Å². The van der Waals surface area contributed by atoms with Gasteiger partial charge in [0.05, 0.1) is 7.11 Å². The third kappa shape index (κ3) is 4.04. The first-order chi connectivity index (χ1) is 9.19. The molecule has 0 aromatic heterocycles. The van der Waals surface area contributed by atoms with Gasteiger partial charge in [-0.2, -0.15) is 0 Å². The number of ether oxygens (including phenoxy) is 1. The molecule has 0 N–H and O–H groups in total. The highest BCUT2D eigenvalue weighted by molar-refractivity contribution is 5.96. The second-order valence-electron chi connectivity index (χ2n) is 5.05. The van der Waals surface area contributed by atoms with Crippen LogP contribution in [0.2, 0.25) is 0 Å². The maximum absolute atomic E-state index is 12.1. The number of likely N-dealkylation sites (N-methyl/N-ethyl adjacent to an activating group) is 1. The molecule has 19 heavy (non-hydrogen) atoms. The number of rotatable bonds is 5. The van der Waals surface area contributed by atoms with Crippen LogP contribution in [0, 0.1) is 0 Å². The van der Waals surface area contributed by atoms with Crippen LogP contribution >= 0.6 is 0 Å². The molecule has 0 atom stereocenters. The Kier molecular flexibility index (Phi) is 4.93. The maximum atomic E-state index is 12.1. The zero-order valence-corrected chi connectivity index (χ0v) is 11.8. The van der Waals surface area contributed by atoms with Crippen LogP contribution in [0.3, 0.4) is 0 Å². The van der Waals surface area contributed by atoms with Crippen LogP contribution in [0.15, 0.2) is 24.3 Å². The normalized spacial score (nSPS) is 17.4. The van der Waals surface area contributed by atoms with Gasteiger partial charge < -0.3 is 14.5 Å². The van der Waals surface area contributed by atoms with Gasteiger partial charge in [0.15, 0.2) is 5.78 Å². The van der Waals surface area contributed by atoms with Crippen molar-refractivity contribution in [3.63, 3.8) is 0 Å². The van der Waals surface area contributed by atoms with Crippen molar-refractivity contribution in [1.29, 1.82) is 0 Å². The van der Waals surface area contributed by atoms with Gasteiger partial charge in [-0.1, -0.05) is 12.1 Å². The van der Waals surface area contributed by atoms with E-state index < -0.39 is 0 Å². The van der Waals surface area contributed by atoms with Crippen LogP contribution in [0.25, 0.3) is 0 Å². The van der Waals surface area contributed by atoms with Crippen molar-refractivity contribution in [2.24, 2.45) is 0 Å². The lowest BCUT2D eigenvalue weighted by Gasteiger charge is -2.32. The molecule has 0 spiro atoms. The van der Waals surface area contributed by atoms with E-state index in [4.69, 9.17) is 4.74 Å². The Morgan fingerprint density at radius 3 is 2.68 bits per heavy atom. The molecule has 0 unspecified atom stereocenters. The number of ketones is 1. The van der Waals surface area contributed by atoms with Crippen LogP contribution < -0.4 is 4.74 Å². The number of methoxy groups -OCH3 is 1. The number of benzene rings is 1. The molecule has 1 fully saturated rings. The van der Waals surface area contributed by atoms with Crippen molar-refractivity contribution in [2.75, 3.05) is 46.9 Å². The first-order valence-corrected chi connectivity index (χ1v) is 6.77. The number of carbonyl (C=O) groups is 1. The zero-order valence-electron chi connectivity index (χ0n) is 11.8. The van der Waals surface area contributed by atoms with Gasteiger partial charge >= 0.3 is 0 Å². The summed E-state index contributed by atoms with van der Waals surface area (Å²) in [6.45, 7) is 5.15. The van der Waals surface area contributed by atoms with Crippen molar-refractivity contribution in [2.45, 2.75) is 6.42 Å². The molecule has 2 rings (SSSR count). The van der Waals surface area contributed by atoms with Gasteiger partial charge in [-0.15, -0.1) is 0 Å². The fourth-order valence-electron chi connectivity index (χ4n) is 2.27. The molecule has 1 heterocycles. The molecular weight excluding hydrogens is 240 g/mol. The van der Waals surface area contributed by atoms with Crippen LogP contribution in [0.4, 0.5) is 0 Å². The Morgan fingerprint density at radius 2 is 2.00 bits per heavy atom. The predicted octanol–water partition coefficient (Wildman–Crippen LogP) is 1.52. The molecule has 1 aromatic rings. The minimum Gasteiger partial charge on any atom is -0.497 e. The molecule has 4 heteroatoms. The van der Waals surface area contributed by atoms with Crippen molar-refractivity contribution in [3.8, 4) is 5.75 Å². The maximum Gasteiger partial charge on any atom is 0.164 e. The lowest BCUT2D eigenvalue weighted by atomic mass is 10.1. The van der Waals surface area contributed by atoms with Crippen LogP contribution in [0.5, 0.6) is 5.75 Å². The van der Waals surface area contributed by atoms with Gasteiger partial charge in [0, 0.05) is 44.7 Å². The highest BCUT2D eigenvalue weighted by atomic mass is 16.5.